The van der Waals surface area contributed by atoms with Crippen LogP contribution in [0.1, 0.15) is 24.9 Å². The van der Waals surface area contributed by atoms with Crippen LogP contribution in [0.4, 0.5) is 4.79 Å². The van der Waals surface area contributed by atoms with Gasteiger partial charge in [0.25, 0.3) is 0 Å². The molecule has 1 unspecified atom stereocenters. The van der Waals surface area contributed by atoms with Crippen molar-refractivity contribution < 1.29 is 14.7 Å². The van der Waals surface area contributed by atoms with E-state index in [1.54, 1.807) is 16.2 Å². The molecule has 0 aliphatic carbocycles. The molecule has 2 amide bonds. The molecule has 2 heterocycles. The van der Waals surface area contributed by atoms with Crippen LogP contribution >= 0.6 is 11.3 Å². The molecule has 1 fully saturated rings. The maximum Gasteiger partial charge on any atom is 0.317 e. The number of rotatable bonds is 4. The number of amides is 2. The molecular formula is C12H16N2O3S. The Kier molecular flexibility index (Phi) is 3.86. The number of carbonyl (C=O) groups is 2. The topological polar surface area (TPSA) is 69.6 Å². The molecule has 5 nitrogen and oxygen atoms in total. The zero-order valence-electron chi connectivity index (χ0n) is 10.1. The van der Waals surface area contributed by atoms with Gasteiger partial charge in [-0.3, -0.25) is 4.79 Å². The maximum atomic E-state index is 11.8. The van der Waals surface area contributed by atoms with E-state index >= 15 is 0 Å². The van der Waals surface area contributed by atoms with Crippen molar-refractivity contribution >= 4 is 23.3 Å². The fourth-order valence-electron chi connectivity index (χ4n) is 1.99. The van der Waals surface area contributed by atoms with Crippen LogP contribution in [0.15, 0.2) is 16.8 Å². The number of urea groups is 1. The first-order chi connectivity index (χ1) is 8.56. The van der Waals surface area contributed by atoms with Crippen molar-refractivity contribution in [2.75, 3.05) is 13.1 Å². The van der Waals surface area contributed by atoms with Gasteiger partial charge in [0.05, 0.1) is 12.5 Å². The van der Waals surface area contributed by atoms with Crippen molar-refractivity contribution in [2.45, 2.75) is 19.4 Å². The second kappa shape index (κ2) is 5.39. The van der Waals surface area contributed by atoms with Crippen LogP contribution in [0, 0.1) is 5.92 Å². The SMILES string of the molecule is CC(NC(=O)N1CC(CC(=O)O)C1)c1ccsc1. The van der Waals surface area contributed by atoms with Gasteiger partial charge in [-0.25, -0.2) is 4.79 Å². The van der Waals surface area contributed by atoms with Gasteiger partial charge < -0.3 is 15.3 Å². The normalized spacial score (nSPS) is 17.1. The lowest BCUT2D eigenvalue weighted by Gasteiger charge is -2.39. The van der Waals surface area contributed by atoms with Gasteiger partial charge >= 0.3 is 12.0 Å². The zero-order valence-corrected chi connectivity index (χ0v) is 10.9. The number of nitrogens with one attached hydrogen (secondary N) is 1. The number of carbonyl (C=O) groups excluding carboxylic acids is 1. The number of nitrogens with zero attached hydrogens (tertiary/aromatic N) is 1. The summed E-state index contributed by atoms with van der Waals surface area (Å²) in [6, 6.07) is 1.86. The van der Waals surface area contributed by atoms with Gasteiger partial charge in [0.15, 0.2) is 0 Å². The van der Waals surface area contributed by atoms with Crippen molar-refractivity contribution in [3.63, 3.8) is 0 Å². The molecule has 0 aromatic carbocycles. The largest absolute Gasteiger partial charge is 0.481 e. The van der Waals surface area contributed by atoms with E-state index in [1.165, 1.54) is 0 Å². The van der Waals surface area contributed by atoms with Crippen molar-refractivity contribution in [2.24, 2.45) is 5.92 Å². The van der Waals surface area contributed by atoms with Crippen LogP contribution in [-0.2, 0) is 4.79 Å². The summed E-state index contributed by atoms with van der Waals surface area (Å²) in [7, 11) is 0. The monoisotopic (exact) mass is 268 g/mol. The zero-order chi connectivity index (χ0) is 13.1. The molecule has 1 aromatic rings. The molecule has 2 rings (SSSR count). The highest BCUT2D eigenvalue weighted by molar-refractivity contribution is 7.07. The third-order valence-electron chi connectivity index (χ3n) is 3.09. The first-order valence-corrected chi connectivity index (χ1v) is 6.80. The summed E-state index contributed by atoms with van der Waals surface area (Å²) < 4.78 is 0. The van der Waals surface area contributed by atoms with Gasteiger partial charge in [-0.2, -0.15) is 11.3 Å². The van der Waals surface area contributed by atoms with Gasteiger partial charge in [-0.15, -0.1) is 0 Å². The Hall–Kier alpha value is -1.56. The number of thiophene rings is 1. The molecule has 0 spiro atoms. The Labute approximate surface area is 109 Å². The van der Waals surface area contributed by atoms with Gasteiger partial charge in [0.2, 0.25) is 0 Å². The number of likely N-dealkylation sites (tertiary alicyclic amines) is 1. The van der Waals surface area contributed by atoms with E-state index in [1.807, 2.05) is 23.8 Å². The second-order valence-electron chi connectivity index (χ2n) is 4.60. The Morgan fingerprint density at radius 1 is 1.61 bits per heavy atom. The summed E-state index contributed by atoms with van der Waals surface area (Å²) in [6.45, 7) is 3.01. The summed E-state index contributed by atoms with van der Waals surface area (Å²) >= 11 is 1.60. The van der Waals surface area contributed by atoms with E-state index in [9.17, 15) is 9.59 Å². The van der Waals surface area contributed by atoms with Crippen molar-refractivity contribution in [3.05, 3.63) is 22.4 Å². The Bertz CT molecular complexity index is 427. The quantitative estimate of drug-likeness (QED) is 0.876. The molecule has 1 aliphatic rings. The molecule has 98 valence electrons. The maximum absolute atomic E-state index is 11.8. The molecule has 0 saturated carbocycles. The summed E-state index contributed by atoms with van der Waals surface area (Å²) in [4.78, 5) is 24.0. The number of hydrogen-bond acceptors (Lipinski definition) is 3. The molecule has 1 saturated heterocycles. The van der Waals surface area contributed by atoms with E-state index in [0.717, 1.165) is 5.56 Å². The Balaban J connectivity index is 1.75. The summed E-state index contributed by atoms with van der Waals surface area (Å²) in [5, 5.41) is 15.5. The molecule has 1 aliphatic heterocycles. The number of carboxylic acid groups (broad SMARTS) is 1. The predicted molar refractivity (Wildman–Crippen MR) is 68.6 cm³/mol. The molecular weight excluding hydrogens is 252 g/mol. The highest BCUT2D eigenvalue weighted by Gasteiger charge is 2.32. The molecule has 6 heteroatoms. The van der Waals surface area contributed by atoms with Crippen molar-refractivity contribution in [3.8, 4) is 0 Å². The van der Waals surface area contributed by atoms with Crippen molar-refractivity contribution in [1.29, 1.82) is 0 Å². The molecule has 0 bridgehead atoms. The minimum absolute atomic E-state index is 0.0118. The number of aliphatic carboxylic acids is 1. The molecule has 1 atom stereocenters. The molecule has 18 heavy (non-hydrogen) atoms. The van der Waals surface area contributed by atoms with E-state index in [4.69, 9.17) is 5.11 Å². The van der Waals surface area contributed by atoms with E-state index < -0.39 is 5.97 Å². The predicted octanol–water partition coefficient (Wildman–Crippen LogP) is 1.93. The molecule has 1 aromatic heterocycles. The Morgan fingerprint density at radius 3 is 2.89 bits per heavy atom. The van der Waals surface area contributed by atoms with E-state index in [2.05, 4.69) is 5.32 Å². The van der Waals surface area contributed by atoms with Gasteiger partial charge in [-0.05, 0) is 29.3 Å². The van der Waals surface area contributed by atoms with Crippen LogP contribution in [0.2, 0.25) is 0 Å². The minimum atomic E-state index is -0.799. The van der Waals surface area contributed by atoms with Gasteiger partial charge in [0, 0.05) is 19.0 Å². The van der Waals surface area contributed by atoms with Crippen LogP contribution in [0.3, 0.4) is 0 Å². The first-order valence-electron chi connectivity index (χ1n) is 5.85. The van der Waals surface area contributed by atoms with Crippen LogP contribution in [0.25, 0.3) is 0 Å². The third-order valence-corrected chi connectivity index (χ3v) is 3.79. The fourth-order valence-corrected chi connectivity index (χ4v) is 2.75. The fraction of sp³-hybridized carbons (Fsp3) is 0.500. The smallest absolute Gasteiger partial charge is 0.317 e. The van der Waals surface area contributed by atoms with Crippen LogP contribution in [0.5, 0.6) is 0 Å². The highest BCUT2D eigenvalue weighted by atomic mass is 32.1. The first kappa shape index (κ1) is 12.9. The minimum Gasteiger partial charge on any atom is -0.481 e. The van der Waals surface area contributed by atoms with E-state index in [-0.39, 0.29) is 24.4 Å². The summed E-state index contributed by atoms with van der Waals surface area (Å²) in [5.41, 5.74) is 1.09. The average molecular weight is 268 g/mol. The second-order valence-corrected chi connectivity index (χ2v) is 5.38. The standard InChI is InChI=1S/C12H16N2O3S/c1-8(10-2-3-18-7-10)13-12(17)14-5-9(6-14)4-11(15)16/h2-3,7-9H,4-6H2,1H3,(H,13,17)(H,15,16). The Morgan fingerprint density at radius 2 is 2.33 bits per heavy atom. The highest BCUT2D eigenvalue weighted by Crippen LogP contribution is 2.21. The van der Waals surface area contributed by atoms with E-state index in [0.29, 0.717) is 13.1 Å². The number of hydrogen-bond donors (Lipinski definition) is 2. The molecule has 2 N–H and O–H groups in total. The van der Waals surface area contributed by atoms with Crippen LogP contribution < -0.4 is 5.32 Å². The summed E-state index contributed by atoms with van der Waals surface area (Å²) in [5.74, 6) is -0.698. The third kappa shape index (κ3) is 3.01. The number of carboxylic acids is 1. The average Bonchev–Trinajstić information content (AvgIpc) is 2.75. The van der Waals surface area contributed by atoms with Crippen molar-refractivity contribution in [1.82, 2.24) is 10.2 Å². The lowest BCUT2D eigenvalue weighted by molar-refractivity contribution is -0.139. The lowest BCUT2D eigenvalue weighted by atomic mass is 9.97. The molecule has 0 radical (unpaired) electrons. The lowest BCUT2D eigenvalue weighted by Crippen LogP contribution is -2.54. The summed E-state index contributed by atoms with van der Waals surface area (Å²) in [6.07, 6.45) is 0.143. The van der Waals surface area contributed by atoms with Gasteiger partial charge in [-0.1, -0.05) is 0 Å². The van der Waals surface area contributed by atoms with Crippen LogP contribution in [-0.4, -0.2) is 35.1 Å². The van der Waals surface area contributed by atoms with Gasteiger partial charge in [0.1, 0.15) is 0 Å².